The monoisotopic (exact) mass is 440 g/mol. The summed E-state index contributed by atoms with van der Waals surface area (Å²) >= 11 is 0. The summed E-state index contributed by atoms with van der Waals surface area (Å²) in [7, 11) is 0. The van der Waals surface area contributed by atoms with E-state index in [4.69, 9.17) is 13.9 Å². The summed E-state index contributed by atoms with van der Waals surface area (Å²) in [6.07, 6.45) is 0. The third-order valence-electron chi connectivity index (χ3n) is 5.29. The molecule has 6 nitrogen and oxygen atoms in total. The van der Waals surface area contributed by atoms with Crippen LogP contribution in [0.1, 0.15) is 11.1 Å². The minimum atomic E-state index is -0.455. The summed E-state index contributed by atoms with van der Waals surface area (Å²) in [5.74, 6) is 0.114. The van der Waals surface area contributed by atoms with E-state index in [0.29, 0.717) is 12.4 Å². The van der Waals surface area contributed by atoms with Crippen molar-refractivity contribution in [1.82, 2.24) is 0 Å². The quantitative estimate of drug-likeness (QED) is 0.338. The van der Waals surface area contributed by atoms with Gasteiger partial charge in [0.05, 0.1) is 5.39 Å². The molecule has 164 valence electrons. The maximum Gasteiger partial charge on any atom is 0.204 e. The number of rotatable bonds is 6. The molecule has 6 heteroatoms. The molecule has 1 heterocycles. The summed E-state index contributed by atoms with van der Waals surface area (Å²) in [6, 6.07) is 24.8. The van der Waals surface area contributed by atoms with E-state index in [9.17, 15) is 15.0 Å². The van der Waals surface area contributed by atoms with Crippen molar-refractivity contribution in [3.63, 3.8) is 0 Å². The molecule has 2 N–H and O–H groups in total. The van der Waals surface area contributed by atoms with Gasteiger partial charge >= 0.3 is 0 Å². The number of phenols is 2. The summed E-state index contributed by atoms with van der Waals surface area (Å²) < 4.78 is 17.4. The van der Waals surface area contributed by atoms with Gasteiger partial charge in [-0.05, 0) is 17.2 Å². The molecule has 0 aliphatic carbocycles. The highest BCUT2D eigenvalue weighted by Crippen LogP contribution is 2.35. The van der Waals surface area contributed by atoms with Crippen LogP contribution in [0.4, 0.5) is 0 Å². The highest BCUT2D eigenvalue weighted by molar-refractivity contribution is 5.94. The van der Waals surface area contributed by atoms with Gasteiger partial charge in [0.1, 0.15) is 41.3 Å². The molecule has 0 unspecified atom stereocenters. The van der Waals surface area contributed by atoms with Crippen molar-refractivity contribution in [3.8, 4) is 23.0 Å². The number of aromatic hydroxyl groups is 2. The minimum Gasteiger partial charge on any atom is -0.507 e. The standard InChI is InChI=1S/C27H20O6/c28-21-13-20-23(14-24(21)32-16-18-9-5-2-6-10-18)33-25-12-19(11-22(29)26(25)27(20)30)31-15-17-7-3-1-4-8-17/h1-14,28-29H,15-16H2. The molecule has 0 aliphatic rings. The Morgan fingerprint density at radius 1 is 0.697 bits per heavy atom. The molecule has 0 saturated carbocycles. The van der Waals surface area contributed by atoms with Crippen molar-refractivity contribution in [2.75, 3.05) is 0 Å². The van der Waals surface area contributed by atoms with Crippen molar-refractivity contribution >= 4 is 21.9 Å². The fraction of sp³-hybridized carbons (Fsp3) is 0.0741. The molecule has 0 spiro atoms. The maximum absolute atomic E-state index is 13.0. The number of hydrogen-bond donors (Lipinski definition) is 2. The summed E-state index contributed by atoms with van der Waals surface area (Å²) in [4.78, 5) is 13.0. The molecule has 4 aromatic carbocycles. The van der Waals surface area contributed by atoms with Gasteiger partial charge in [-0.1, -0.05) is 60.7 Å². The molecule has 0 saturated heterocycles. The number of fused-ring (bicyclic) bond motifs is 2. The second-order valence-electron chi connectivity index (χ2n) is 7.61. The Morgan fingerprint density at radius 3 is 2.00 bits per heavy atom. The van der Waals surface area contributed by atoms with Crippen molar-refractivity contribution in [3.05, 3.63) is 106 Å². The van der Waals surface area contributed by atoms with E-state index in [-0.39, 0.29) is 45.8 Å². The molecular formula is C27H20O6. The van der Waals surface area contributed by atoms with Gasteiger partial charge in [0.25, 0.3) is 0 Å². The lowest BCUT2D eigenvalue weighted by molar-refractivity contribution is 0.289. The second-order valence-corrected chi connectivity index (χ2v) is 7.61. The van der Waals surface area contributed by atoms with Crippen molar-refractivity contribution in [1.29, 1.82) is 0 Å². The first-order chi connectivity index (χ1) is 16.1. The zero-order valence-electron chi connectivity index (χ0n) is 17.5. The van der Waals surface area contributed by atoms with Crippen LogP contribution in [0, 0.1) is 0 Å². The largest absolute Gasteiger partial charge is 0.507 e. The third-order valence-corrected chi connectivity index (χ3v) is 5.29. The Hall–Kier alpha value is -4.45. The Bertz CT molecular complexity index is 1490. The fourth-order valence-electron chi connectivity index (χ4n) is 3.62. The first-order valence-corrected chi connectivity index (χ1v) is 10.4. The van der Waals surface area contributed by atoms with Gasteiger partial charge in [0.15, 0.2) is 11.5 Å². The Kier molecular flexibility index (Phi) is 5.32. The first-order valence-electron chi connectivity index (χ1n) is 10.4. The number of benzene rings is 4. The lowest BCUT2D eigenvalue weighted by atomic mass is 10.1. The van der Waals surface area contributed by atoms with Gasteiger partial charge in [0, 0.05) is 18.2 Å². The van der Waals surface area contributed by atoms with Crippen LogP contribution >= 0.6 is 0 Å². The first kappa shape index (κ1) is 20.5. The molecule has 0 amide bonds. The fourth-order valence-corrected chi connectivity index (χ4v) is 3.62. The highest BCUT2D eigenvalue weighted by Gasteiger charge is 2.16. The van der Waals surface area contributed by atoms with E-state index in [1.54, 1.807) is 6.07 Å². The number of phenolic OH excluding ortho intramolecular Hbond substituents is 2. The molecule has 33 heavy (non-hydrogen) atoms. The Balaban J connectivity index is 1.51. The predicted octanol–water partition coefficient (Wildman–Crippen LogP) is 5.52. The molecule has 5 rings (SSSR count). The molecule has 5 aromatic rings. The molecular weight excluding hydrogens is 420 g/mol. The topological polar surface area (TPSA) is 89.1 Å². The average Bonchev–Trinajstić information content (AvgIpc) is 2.83. The van der Waals surface area contributed by atoms with Crippen LogP contribution in [0.25, 0.3) is 21.9 Å². The smallest absolute Gasteiger partial charge is 0.204 e. The summed E-state index contributed by atoms with van der Waals surface area (Å²) in [5.41, 5.74) is 1.85. The zero-order valence-corrected chi connectivity index (χ0v) is 17.5. The predicted molar refractivity (Wildman–Crippen MR) is 125 cm³/mol. The Labute approximate surface area is 188 Å². The number of hydrogen-bond acceptors (Lipinski definition) is 6. The molecule has 0 bridgehead atoms. The van der Waals surface area contributed by atoms with Crippen LogP contribution in [-0.2, 0) is 13.2 Å². The van der Waals surface area contributed by atoms with E-state index in [2.05, 4.69) is 0 Å². The van der Waals surface area contributed by atoms with Crippen molar-refractivity contribution < 1.29 is 24.1 Å². The van der Waals surface area contributed by atoms with Gasteiger partial charge in [-0.25, -0.2) is 0 Å². The van der Waals surface area contributed by atoms with E-state index in [1.807, 2.05) is 60.7 Å². The third kappa shape index (κ3) is 4.19. The lowest BCUT2D eigenvalue weighted by Crippen LogP contribution is -2.04. The summed E-state index contributed by atoms with van der Waals surface area (Å²) in [5, 5.41) is 21.0. The van der Waals surface area contributed by atoms with Gasteiger partial charge in [-0.15, -0.1) is 0 Å². The van der Waals surface area contributed by atoms with Crippen LogP contribution in [0.15, 0.2) is 94.1 Å². The maximum atomic E-state index is 13.0. The summed E-state index contributed by atoms with van der Waals surface area (Å²) in [6.45, 7) is 0.547. The minimum absolute atomic E-state index is 0.0203. The molecule has 0 atom stereocenters. The van der Waals surface area contributed by atoms with Crippen molar-refractivity contribution in [2.45, 2.75) is 13.2 Å². The van der Waals surface area contributed by atoms with E-state index in [1.165, 1.54) is 18.2 Å². The van der Waals surface area contributed by atoms with Gasteiger partial charge < -0.3 is 24.1 Å². The van der Waals surface area contributed by atoms with Gasteiger partial charge in [0.2, 0.25) is 5.43 Å². The normalized spacial score (nSPS) is 11.0. The highest BCUT2D eigenvalue weighted by atomic mass is 16.5. The van der Waals surface area contributed by atoms with E-state index >= 15 is 0 Å². The Morgan fingerprint density at radius 2 is 1.33 bits per heavy atom. The molecule has 0 fully saturated rings. The molecule has 0 aliphatic heterocycles. The van der Waals surface area contributed by atoms with Crippen molar-refractivity contribution in [2.24, 2.45) is 0 Å². The number of ether oxygens (including phenoxy) is 2. The van der Waals surface area contributed by atoms with Crippen LogP contribution in [0.3, 0.4) is 0 Å². The SMILES string of the molecule is O=c1c2cc(O)c(OCc3ccccc3)cc2oc2cc(OCc3ccccc3)cc(O)c12. The zero-order chi connectivity index (χ0) is 22.8. The van der Waals surface area contributed by atoms with E-state index in [0.717, 1.165) is 11.1 Å². The van der Waals surface area contributed by atoms with Crippen LogP contribution in [0.5, 0.6) is 23.0 Å². The molecule has 1 aromatic heterocycles. The van der Waals surface area contributed by atoms with Gasteiger partial charge in [-0.2, -0.15) is 0 Å². The van der Waals surface area contributed by atoms with Crippen LogP contribution in [-0.4, -0.2) is 10.2 Å². The molecule has 0 radical (unpaired) electrons. The van der Waals surface area contributed by atoms with Crippen LogP contribution < -0.4 is 14.9 Å². The van der Waals surface area contributed by atoms with Crippen LogP contribution in [0.2, 0.25) is 0 Å². The lowest BCUT2D eigenvalue weighted by Gasteiger charge is -2.11. The average molecular weight is 440 g/mol. The second kappa shape index (κ2) is 8.59. The van der Waals surface area contributed by atoms with E-state index < -0.39 is 5.43 Å². The van der Waals surface area contributed by atoms with Gasteiger partial charge in [-0.3, -0.25) is 4.79 Å².